The largest absolute Gasteiger partial charge is 0.371 e. The van der Waals surface area contributed by atoms with Gasteiger partial charge in [0.1, 0.15) is 5.82 Å². The van der Waals surface area contributed by atoms with E-state index < -0.39 is 0 Å². The highest BCUT2D eigenvalue weighted by atomic mass is 16.1. The second-order valence-electron chi connectivity index (χ2n) is 10.8. The number of piperidine rings is 1. The average Bonchev–Trinajstić information content (AvgIpc) is 2.94. The lowest BCUT2D eigenvalue weighted by molar-refractivity contribution is -0.114. The van der Waals surface area contributed by atoms with E-state index >= 15 is 0 Å². The molecule has 1 aliphatic carbocycles. The van der Waals surface area contributed by atoms with Crippen LogP contribution in [0.5, 0.6) is 0 Å². The number of carbonyl (C=O) groups is 1. The Balaban J connectivity index is 1.24. The van der Waals surface area contributed by atoms with Crippen LogP contribution in [0.4, 0.5) is 17.2 Å². The highest BCUT2D eigenvalue weighted by Crippen LogP contribution is 2.35. The normalized spacial score (nSPS) is 21.4. The first kappa shape index (κ1) is 25.8. The van der Waals surface area contributed by atoms with E-state index in [-0.39, 0.29) is 5.91 Å². The van der Waals surface area contributed by atoms with Crippen molar-refractivity contribution < 1.29 is 4.79 Å². The Morgan fingerprint density at radius 3 is 2.66 bits per heavy atom. The standard InChI is InChI=1S/C32H37N5O/c1-23(38)35-29-9-4-8-26(19-29)27-15-16-34-32(20-27)36-31-10-3-2-7-28(31)18-25-6-5-17-37(22-25)30-13-11-24(21-33)12-14-30/h4,8-9,11-16,19-20,25,28,31H,2-3,5-7,10,17-18,22H2,1H3,(H,34,36)(H,35,38)/t25-,28+,31-/m1/s1. The highest BCUT2D eigenvalue weighted by Gasteiger charge is 2.30. The third kappa shape index (κ3) is 6.52. The van der Waals surface area contributed by atoms with Gasteiger partial charge in [-0.25, -0.2) is 4.98 Å². The van der Waals surface area contributed by atoms with Crippen LogP contribution in [0.25, 0.3) is 11.1 Å². The summed E-state index contributed by atoms with van der Waals surface area (Å²) in [6, 6.07) is 22.8. The molecule has 3 aromatic rings. The molecule has 1 amide bonds. The molecular weight excluding hydrogens is 470 g/mol. The zero-order chi connectivity index (χ0) is 26.3. The van der Waals surface area contributed by atoms with Crippen LogP contribution in [0.2, 0.25) is 0 Å². The van der Waals surface area contributed by atoms with Crippen LogP contribution in [0.1, 0.15) is 57.4 Å². The molecule has 3 atom stereocenters. The summed E-state index contributed by atoms with van der Waals surface area (Å²) in [5, 5.41) is 15.8. The average molecular weight is 508 g/mol. The van der Waals surface area contributed by atoms with Gasteiger partial charge >= 0.3 is 0 Å². The van der Waals surface area contributed by atoms with Crippen molar-refractivity contribution in [3.8, 4) is 17.2 Å². The Morgan fingerprint density at radius 1 is 1.03 bits per heavy atom. The van der Waals surface area contributed by atoms with E-state index in [2.05, 4.69) is 50.9 Å². The summed E-state index contributed by atoms with van der Waals surface area (Å²) in [5.74, 6) is 2.18. The predicted octanol–water partition coefficient (Wildman–Crippen LogP) is 6.86. The molecule has 1 aliphatic heterocycles. The minimum atomic E-state index is -0.0689. The molecule has 6 heteroatoms. The van der Waals surface area contributed by atoms with Crippen LogP contribution >= 0.6 is 0 Å². The molecule has 1 saturated heterocycles. The summed E-state index contributed by atoms with van der Waals surface area (Å²) in [6.45, 7) is 3.71. The summed E-state index contributed by atoms with van der Waals surface area (Å²) in [7, 11) is 0. The first-order valence-corrected chi connectivity index (χ1v) is 13.9. The van der Waals surface area contributed by atoms with Gasteiger partial charge in [-0.3, -0.25) is 4.79 Å². The van der Waals surface area contributed by atoms with E-state index in [1.54, 1.807) is 0 Å². The fraction of sp³-hybridized carbons (Fsp3) is 0.406. The number of anilines is 3. The number of hydrogen-bond donors (Lipinski definition) is 2. The lowest BCUT2D eigenvalue weighted by atomic mass is 9.77. The van der Waals surface area contributed by atoms with Gasteiger partial charge in [-0.1, -0.05) is 25.0 Å². The van der Waals surface area contributed by atoms with Crippen molar-refractivity contribution in [2.24, 2.45) is 11.8 Å². The SMILES string of the molecule is CC(=O)Nc1cccc(-c2ccnc(N[C@@H]3CCCC[C@H]3C[C@H]3CCCN(c4ccc(C#N)cc4)C3)c2)c1. The van der Waals surface area contributed by atoms with Crippen molar-refractivity contribution in [3.63, 3.8) is 0 Å². The van der Waals surface area contributed by atoms with E-state index in [1.165, 1.54) is 57.6 Å². The van der Waals surface area contributed by atoms with Crippen molar-refractivity contribution >= 4 is 23.1 Å². The summed E-state index contributed by atoms with van der Waals surface area (Å²) in [5.41, 5.74) is 4.91. The molecule has 2 aromatic carbocycles. The van der Waals surface area contributed by atoms with Crippen LogP contribution in [-0.2, 0) is 4.79 Å². The second kappa shape index (κ2) is 12.1. The van der Waals surface area contributed by atoms with Gasteiger partial charge in [0.2, 0.25) is 5.91 Å². The van der Waals surface area contributed by atoms with Crippen molar-refractivity contribution in [1.82, 2.24) is 4.98 Å². The Kier molecular flexibility index (Phi) is 8.23. The number of aromatic nitrogens is 1. The van der Waals surface area contributed by atoms with Crippen molar-refractivity contribution in [3.05, 3.63) is 72.4 Å². The fourth-order valence-electron chi connectivity index (χ4n) is 6.21. The molecular formula is C32H37N5O. The molecule has 2 heterocycles. The molecule has 0 spiro atoms. The lowest BCUT2D eigenvalue weighted by Crippen LogP contribution is -2.39. The number of benzene rings is 2. The maximum atomic E-state index is 11.5. The molecule has 2 aliphatic rings. The van der Waals surface area contributed by atoms with Crippen LogP contribution < -0.4 is 15.5 Å². The van der Waals surface area contributed by atoms with Crippen LogP contribution in [0.15, 0.2) is 66.9 Å². The number of nitrogens with zero attached hydrogens (tertiary/aromatic N) is 3. The van der Waals surface area contributed by atoms with Crippen LogP contribution in [0.3, 0.4) is 0 Å². The molecule has 196 valence electrons. The van der Waals surface area contributed by atoms with Gasteiger partial charge < -0.3 is 15.5 Å². The quantitative estimate of drug-likeness (QED) is 0.365. The number of nitriles is 1. The number of rotatable bonds is 7. The topological polar surface area (TPSA) is 81.1 Å². The van der Waals surface area contributed by atoms with Gasteiger partial charge in [-0.2, -0.15) is 5.26 Å². The molecule has 2 N–H and O–H groups in total. The minimum absolute atomic E-state index is 0.0689. The zero-order valence-electron chi connectivity index (χ0n) is 22.2. The van der Waals surface area contributed by atoms with Crippen LogP contribution in [0, 0.1) is 23.2 Å². The predicted molar refractivity (Wildman–Crippen MR) is 154 cm³/mol. The molecule has 5 rings (SSSR count). The van der Waals surface area contributed by atoms with E-state index in [9.17, 15) is 4.79 Å². The second-order valence-corrected chi connectivity index (χ2v) is 10.8. The van der Waals surface area contributed by atoms with E-state index in [0.29, 0.717) is 17.9 Å². The molecule has 0 radical (unpaired) electrons. The van der Waals surface area contributed by atoms with Crippen molar-refractivity contribution in [2.75, 3.05) is 28.6 Å². The van der Waals surface area contributed by atoms with Gasteiger partial charge in [-0.15, -0.1) is 0 Å². The fourth-order valence-corrected chi connectivity index (χ4v) is 6.21. The summed E-state index contributed by atoms with van der Waals surface area (Å²) in [4.78, 5) is 18.6. The smallest absolute Gasteiger partial charge is 0.221 e. The first-order chi connectivity index (χ1) is 18.6. The highest BCUT2D eigenvalue weighted by molar-refractivity contribution is 5.89. The van der Waals surface area contributed by atoms with Gasteiger partial charge in [0.25, 0.3) is 0 Å². The van der Waals surface area contributed by atoms with Gasteiger partial charge in [0.05, 0.1) is 11.6 Å². The number of amides is 1. The number of nitrogens with one attached hydrogen (secondary N) is 2. The molecule has 1 saturated carbocycles. The molecule has 0 unspecified atom stereocenters. The Hall–Kier alpha value is -3.85. The number of pyridine rings is 1. The summed E-state index contributed by atoms with van der Waals surface area (Å²) >= 11 is 0. The molecule has 1 aromatic heterocycles. The Morgan fingerprint density at radius 2 is 1.84 bits per heavy atom. The molecule has 38 heavy (non-hydrogen) atoms. The zero-order valence-corrected chi connectivity index (χ0v) is 22.2. The van der Waals surface area contributed by atoms with Gasteiger partial charge in [0, 0.05) is 43.6 Å². The van der Waals surface area contributed by atoms with E-state index in [0.717, 1.165) is 41.3 Å². The maximum Gasteiger partial charge on any atom is 0.221 e. The van der Waals surface area contributed by atoms with Gasteiger partial charge in [0.15, 0.2) is 0 Å². The Labute approximate surface area is 226 Å². The Bertz CT molecular complexity index is 1280. The molecule has 2 fully saturated rings. The lowest BCUT2D eigenvalue weighted by Gasteiger charge is -2.39. The van der Waals surface area contributed by atoms with E-state index in [4.69, 9.17) is 5.26 Å². The first-order valence-electron chi connectivity index (χ1n) is 13.9. The maximum absolute atomic E-state index is 11.5. The van der Waals surface area contributed by atoms with Crippen molar-refractivity contribution in [1.29, 1.82) is 5.26 Å². The van der Waals surface area contributed by atoms with Crippen molar-refractivity contribution in [2.45, 2.75) is 57.9 Å². The third-order valence-corrected chi connectivity index (χ3v) is 8.04. The summed E-state index contributed by atoms with van der Waals surface area (Å²) in [6.07, 6.45) is 10.6. The van der Waals surface area contributed by atoms with Gasteiger partial charge in [-0.05, 0) is 104 Å². The molecule has 6 nitrogen and oxygen atoms in total. The molecule has 0 bridgehead atoms. The third-order valence-electron chi connectivity index (χ3n) is 8.04. The van der Waals surface area contributed by atoms with Crippen LogP contribution in [-0.4, -0.2) is 30.0 Å². The number of hydrogen-bond acceptors (Lipinski definition) is 5. The van der Waals surface area contributed by atoms with E-state index in [1.807, 2.05) is 42.6 Å². The minimum Gasteiger partial charge on any atom is -0.371 e. The monoisotopic (exact) mass is 507 g/mol. The number of carbonyl (C=O) groups excluding carboxylic acids is 1. The summed E-state index contributed by atoms with van der Waals surface area (Å²) < 4.78 is 0.